The molecule has 1 aliphatic rings. The van der Waals surface area contributed by atoms with E-state index in [-0.39, 0.29) is 10.7 Å². The van der Waals surface area contributed by atoms with E-state index in [0.717, 1.165) is 41.7 Å². The standard InChI is InChI=1S/C29H30F2N2O6S/c1-37-25(28(35)36)13-21-22(30)11-19(12-23(21)31)27(34)33-29-32-24(16-40-29)20-10-6-9-18(26(20)38-2)15-39-14-17-7-4-3-5-8-17/h6,9-13,16-17H,3-5,7-8,14-15H2,1-2H3,(H,35,36)(H,32,33,34)/b25-13+. The average Bonchev–Trinajstić information content (AvgIpc) is 3.41. The molecule has 0 radical (unpaired) electrons. The quantitative estimate of drug-likeness (QED) is 0.199. The molecule has 8 nitrogen and oxygen atoms in total. The molecule has 0 spiro atoms. The SMILES string of the molecule is CO/C(=C/c1c(F)cc(C(=O)Nc2nc(-c3cccc(COCC4CCCCC4)c3OC)cs2)cc1F)C(=O)O. The summed E-state index contributed by atoms with van der Waals surface area (Å²) in [5.74, 6) is -3.94. The van der Waals surface area contributed by atoms with Crippen molar-refractivity contribution in [1.29, 1.82) is 0 Å². The molecule has 1 aromatic heterocycles. The van der Waals surface area contributed by atoms with E-state index in [2.05, 4.69) is 15.0 Å². The van der Waals surface area contributed by atoms with Gasteiger partial charge in [0.1, 0.15) is 17.4 Å². The zero-order chi connectivity index (χ0) is 28.6. The molecule has 1 aliphatic carbocycles. The van der Waals surface area contributed by atoms with Gasteiger partial charge in [0.2, 0.25) is 5.76 Å². The van der Waals surface area contributed by atoms with Crippen LogP contribution < -0.4 is 10.1 Å². The van der Waals surface area contributed by atoms with Crippen molar-refractivity contribution in [2.45, 2.75) is 38.7 Å². The van der Waals surface area contributed by atoms with Crippen LogP contribution in [0.4, 0.5) is 13.9 Å². The third-order valence-corrected chi connectivity index (χ3v) is 7.44. The first-order valence-electron chi connectivity index (χ1n) is 12.8. The first kappa shape index (κ1) is 29.2. The Morgan fingerprint density at radius 2 is 1.88 bits per heavy atom. The zero-order valence-corrected chi connectivity index (χ0v) is 23.0. The number of thiazole rings is 1. The van der Waals surface area contributed by atoms with Crippen molar-refractivity contribution in [1.82, 2.24) is 4.98 Å². The normalized spacial score (nSPS) is 14.2. The fourth-order valence-corrected chi connectivity index (χ4v) is 5.35. The molecule has 3 aromatic rings. The van der Waals surface area contributed by atoms with Gasteiger partial charge in [-0.1, -0.05) is 31.4 Å². The number of hydrogen-bond donors (Lipinski definition) is 2. The number of aromatic nitrogens is 1. The van der Waals surface area contributed by atoms with Crippen molar-refractivity contribution in [3.05, 3.63) is 69.8 Å². The number of nitrogens with one attached hydrogen (secondary N) is 1. The molecule has 1 amide bonds. The highest BCUT2D eigenvalue weighted by molar-refractivity contribution is 7.14. The number of amides is 1. The van der Waals surface area contributed by atoms with Gasteiger partial charge in [-0.3, -0.25) is 10.1 Å². The van der Waals surface area contributed by atoms with Crippen LogP contribution in [-0.2, 0) is 20.9 Å². The van der Waals surface area contributed by atoms with Gasteiger partial charge >= 0.3 is 5.97 Å². The summed E-state index contributed by atoms with van der Waals surface area (Å²) < 4.78 is 45.4. The number of carbonyl (C=O) groups excluding carboxylic acids is 1. The Kier molecular flexibility index (Phi) is 9.84. The van der Waals surface area contributed by atoms with Crippen LogP contribution in [0.15, 0.2) is 41.5 Å². The number of rotatable bonds is 11. The van der Waals surface area contributed by atoms with Crippen LogP contribution in [0.2, 0.25) is 0 Å². The van der Waals surface area contributed by atoms with Crippen LogP contribution in [-0.4, -0.2) is 42.8 Å². The van der Waals surface area contributed by atoms with Gasteiger partial charge in [0.05, 0.1) is 26.5 Å². The maximum atomic E-state index is 14.6. The lowest BCUT2D eigenvalue weighted by Gasteiger charge is -2.21. The highest BCUT2D eigenvalue weighted by atomic mass is 32.1. The summed E-state index contributed by atoms with van der Waals surface area (Å²) >= 11 is 1.15. The predicted octanol–water partition coefficient (Wildman–Crippen LogP) is 6.52. The molecule has 0 bridgehead atoms. The maximum absolute atomic E-state index is 14.6. The second-order valence-corrected chi connectivity index (χ2v) is 10.2. The van der Waals surface area contributed by atoms with Crippen molar-refractivity contribution < 1.29 is 37.7 Å². The fraction of sp³-hybridized carbons (Fsp3) is 0.345. The minimum absolute atomic E-state index is 0.221. The van der Waals surface area contributed by atoms with Crippen molar-refractivity contribution in [2.24, 2.45) is 5.92 Å². The number of carboxylic acid groups (broad SMARTS) is 1. The number of para-hydroxylation sites is 1. The first-order valence-corrected chi connectivity index (χ1v) is 13.7. The molecule has 2 aromatic carbocycles. The van der Waals surface area contributed by atoms with Crippen LogP contribution in [0.25, 0.3) is 17.3 Å². The third-order valence-electron chi connectivity index (χ3n) is 6.68. The van der Waals surface area contributed by atoms with E-state index in [4.69, 9.17) is 14.6 Å². The Morgan fingerprint density at radius 1 is 1.15 bits per heavy atom. The molecule has 11 heteroatoms. The lowest BCUT2D eigenvalue weighted by atomic mass is 9.90. The molecular weight excluding hydrogens is 542 g/mol. The number of nitrogens with zero attached hydrogens (tertiary/aromatic N) is 1. The maximum Gasteiger partial charge on any atom is 0.371 e. The van der Waals surface area contributed by atoms with Crippen molar-refractivity contribution in [3.63, 3.8) is 0 Å². The van der Waals surface area contributed by atoms with Crippen molar-refractivity contribution in [2.75, 3.05) is 26.1 Å². The van der Waals surface area contributed by atoms with Crippen LogP contribution in [0.5, 0.6) is 5.75 Å². The number of carbonyl (C=O) groups is 2. The van der Waals surface area contributed by atoms with Gasteiger partial charge in [-0.15, -0.1) is 11.3 Å². The number of methoxy groups -OCH3 is 2. The second-order valence-electron chi connectivity index (χ2n) is 9.38. The Labute approximate surface area is 234 Å². The minimum Gasteiger partial charge on any atom is -0.496 e. The Balaban J connectivity index is 1.47. The molecule has 0 saturated heterocycles. The number of halogens is 2. The van der Waals surface area contributed by atoms with E-state index in [1.54, 1.807) is 12.5 Å². The molecule has 0 aliphatic heterocycles. The summed E-state index contributed by atoms with van der Waals surface area (Å²) in [6.07, 6.45) is 6.91. The lowest BCUT2D eigenvalue weighted by molar-refractivity contribution is -0.135. The first-order chi connectivity index (χ1) is 19.3. The number of ether oxygens (including phenoxy) is 3. The summed E-state index contributed by atoms with van der Waals surface area (Å²) in [5.41, 5.74) is 1.23. The lowest BCUT2D eigenvalue weighted by Crippen LogP contribution is -2.13. The smallest absolute Gasteiger partial charge is 0.371 e. The van der Waals surface area contributed by atoms with Crippen molar-refractivity contribution in [3.8, 4) is 17.0 Å². The number of benzene rings is 2. The van der Waals surface area contributed by atoms with Crippen LogP contribution in [0.3, 0.4) is 0 Å². The van der Waals surface area contributed by atoms with Crippen LogP contribution in [0, 0.1) is 17.6 Å². The Morgan fingerprint density at radius 3 is 2.52 bits per heavy atom. The molecule has 40 heavy (non-hydrogen) atoms. The highest BCUT2D eigenvalue weighted by Gasteiger charge is 2.20. The summed E-state index contributed by atoms with van der Waals surface area (Å²) in [6.45, 7) is 1.12. The number of aliphatic carboxylic acids is 1. The van der Waals surface area contributed by atoms with E-state index in [9.17, 15) is 18.4 Å². The third kappa shape index (κ3) is 7.02. The van der Waals surface area contributed by atoms with E-state index in [0.29, 0.717) is 36.7 Å². The van der Waals surface area contributed by atoms with Crippen LogP contribution >= 0.6 is 11.3 Å². The molecular formula is C29H30F2N2O6S. The van der Waals surface area contributed by atoms with Gasteiger partial charge in [0.25, 0.3) is 5.91 Å². The van der Waals surface area contributed by atoms with Crippen LogP contribution in [0.1, 0.15) is 53.6 Å². The highest BCUT2D eigenvalue weighted by Crippen LogP contribution is 2.35. The number of hydrogen-bond acceptors (Lipinski definition) is 7. The van der Waals surface area contributed by atoms with Gasteiger partial charge in [-0.05, 0) is 37.0 Å². The van der Waals surface area contributed by atoms with Gasteiger partial charge in [-0.25, -0.2) is 18.6 Å². The Hall–Kier alpha value is -3.83. The largest absolute Gasteiger partial charge is 0.496 e. The summed E-state index contributed by atoms with van der Waals surface area (Å²) in [4.78, 5) is 28.3. The van der Waals surface area contributed by atoms with E-state index < -0.39 is 34.8 Å². The topological polar surface area (TPSA) is 107 Å². The van der Waals surface area contributed by atoms with E-state index in [1.807, 2.05) is 18.2 Å². The average molecular weight is 573 g/mol. The van der Waals surface area contributed by atoms with Gasteiger partial charge in [-0.2, -0.15) is 0 Å². The molecule has 0 unspecified atom stereocenters. The van der Waals surface area contributed by atoms with E-state index >= 15 is 0 Å². The molecule has 1 saturated carbocycles. The molecule has 4 rings (SSSR count). The summed E-state index contributed by atoms with van der Waals surface area (Å²) in [5, 5.41) is 13.5. The molecule has 2 N–H and O–H groups in total. The van der Waals surface area contributed by atoms with Gasteiger partial charge in [0.15, 0.2) is 5.13 Å². The molecule has 1 heterocycles. The number of anilines is 1. The second kappa shape index (κ2) is 13.5. The molecule has 1 fully saturated rings. The number of carboxylic acids is 1. The monoisotopic (exact) mass is 572 g/mol. The van der Waals surface area contributed by atoms with Gasteiger partial charge < -0.3 is 19.3 Å². The molecule has 0 atom stereocenters. The fourth-order valence-electron chi connectivity index (χ4n) is 4.65. The van der Waals surface area contributed by atoms with Crippen molar-refractivity contribution >= 4 is 34.4 Å². The van der Waals surface area contributed by atoms with E-state index in [1.165, 1.54) is 32.1 Å². The molecule has 212 valence electrons. The predicted molar refractivity (Wildman–Crippen MR) is 147 cm³/mol. The zero-order valence-electron chi connectivity index (χ0n) is 22.2. The van der Waals surface area contributed by atoms with Gasteiger partial charge in [0, 0.05) is 40.3 Å². The minimum atomic E-state index is -1.49. The Bertz CT molecular complexity index is 1380. The summed E-state index contributed by atoms with van der Waals surface area (Å²) in [6, 6.07) is 7.30. The summed E-state index contributed by atoms with van der Waals surface area (Å²) in [7, 11) is 2.64.